The lowest BCUT2D eigenvalue weighted by Crippen LogP contribution is -2.23. The number of carboxylic acids is 1. The molecule has 1 saturated heterocycles. The van der Waals surface area contributed by atoms with Crippen LogP contribution in [0.2, 0.25) is 0 Å². The fraction of sp³-hybridized carbons (Fsp3) is 0.533. The molecule has 0 spiro atoms. The number of hydrogen-bond donors (Lipinski definition) is 1. The minimum absolute atomic E-state index is 0.259. The Morgan fingerprint density at radius 1 is 1.19 bits per heavy atom. The average Bonchev–Trinajstić information content (AvgIpc) is 2.97. The highest BCUT2D eigenvalue weighted by atomic mass is 19.4. The lowest BCUT2D eigenvalue weighted by molar-refractivity contribution is -0.137. The van der Waals surface area contributed by atoms with Gasteiger partial charge in [0.2, 0.25) is 0 Å². The molecule has 0 bridgehead atoms. The van der Waals surface area contributed by atoms with E-state index in [4.69, 9.17) is 0 Å². The Morgan fingerprint density at radius 2 is 1.81 bits per heavy atom. The molecule has 1 heterocycles. The van der Waals surface area contributed by atoms with E-state index >= 15 is 0 Å². The van der Waals surface area contributed by atoms with Crippen LogP contribution >= 0.6 is 0 Å². The molecule has 1 N–H and O–H groups in total. The highest BCUT2D eigenvalue weighted by molar-refractivity contribution is 5.94. The van der Waals surface area contributed by atoms with Crippen molar-refractivity contribution < 1.29 is 23.1 Å². The molecule has 3 rings (SSSR count). The predicted octanol–water partition coefficient (Wildman–Crippen LogP) is 3.64. The molecule has 2 atom stereocenters. The van der Waals surface area contributed by atoms with Crippen LogP contribution in [-0.4, -0.2) is 24.2 Å². The third-order valence-electron chi connectivity index (χ3n) is 4.62. The van der Waals surface area contributed by atoms with Crippen LogP contribution in [-0.2, 0) is 6.18 Å². The monoisotopic (exact) mass is 299 g/mol. The number of aromatic carboxylic acids is 1. The molecule has 2 fully saturated rings. The smallest absolute Gasteiger partial charge is 0.416 e. The first kappa shape index (κ1) is 14.2. The first-order valence-corrected chi connectivity index (χ1v) is 7.06. The van der Waals surface area contributed by atoms with Crippen molar-refractivity contribution in [3.05, 3.63) is 29.3 Å². The van der Waals surface area contributed by atoms with E-state index in [-0.39, 0.29) is 5.56 Å². The number of rotatable bonds is 2. The highest BCUT2D eigenvalue weighted by Gasteiger charge is 2.38. The van der Waals surface area contributed by atoms with E-state index in [1.807, 2.05) is 4.90 Å². The third kappa shape index (κ3) is 2.59. The zero-order valence-corrected chi connectivity index (χ0v) is 11.4. The van der Waals surface area contributed by atoms with Crippen molar-refractivity contribution in [2.45, 2.75) is 25.4 Å². The Labute approximate surface area is 120 Å². The van der Waals surface area contributed by atoms with E-state index in [1.165, 1.54) is 12.5 Å². The molecule has 1 saturated carbocycles. The van der Waals surface area contributed by atoms with Crippen molar-refractivity contribution in [2.75, 3.05) is 18.0 Å². The second kappa shape index (κ2) is 4.93. The van der Waals surface area contributed by atoms with Crippen LogP contribution in [0.4, 0.5) is 18.9 Å². The lowest BCUT2D eigenvalue weighted by Gasteiger charge is -2.22. The zero-order chi connectivity index (χ0) is 15.2. The van der Waals surface area contributed by atoms with E-state index in [0.29, 0.717) is 17.5 Å². The standard InChI is InChI=1S/C15H16F3NO2/c16-15(17,18)11-4-5-13(12(6-11)14(20)21)19-7-9-2-1-3-10(9)8-19/h4-6,9-10H,1-3,7-8H2,(H,20,21). The fourth-order valence-corrected chi connectivity index (χ4v) is 3.59. The Hall–Kier alpha value is -1.72. The summed E-state index contributed by atoms with van der Waals surface area (Å²) in [5.41, 5.74) is -0.766. The van der Waals surface area contributed by atoms with Gasteiger partial charge in [-0.2, -0.15) is 13.2 Å². The normalized spacial score (nSPS) is 25.2. The van der Waals surface area contributed by atoms with Gasteiger partial charge in [-0.1, -0.05) is 6.42 Å². The molecular weight excluding hydrogens is 283 g/mol. The second-order valence-corrected chi connectivity index (χ2v) is 5.89. The van der Waals surface area contributed by atoms with Crippen LogP contribution in [0.5, 0.6) is 0 Å². The van der Waals surface area contributed by atoms with Gasteiger partial charge in [-0.05, 0) is 42.9 Å². The molecule has 1 aromatic rings. The summed E-state index contributed by atoms with van der Waals surface area (Å²) in [4.78, 5) is 13.2. The fourth-order valence-electron chi connectivity index (χ4n) is 3.59. The van der Waals surface area contributed by atoms with Crippen LogP contribution < -0.4 is 4.90 Å². The molecule has 1 aliphatic carbocycles. The highest BCUT2D eigenvalue weighted by Crippen LogP contribution is 2.41. The van der Waals surface area contributed by atoms with Gasteiger partial charge in [-0.25, -0.2) is 4.79 Å². The molecule has 0 amide bonds. The summed E-state index contributed by atoms with van der Waals surface area (Å²) in [6.45, 7) is 1.49. The van der Waals surface area contributed by atoms with Gasteiger partial charge in [-0.15, -0.1) is 0 Å². The summed E-state index contributed by atoms with van der Waals surface area (Å²) >= 11 is 0. The van der Waals surface area contributed by atoms with Gasteiger partial charge in [0.15, 0.2) is 0 Å². The van der Waals surface area contributed by atoms with E-state index in [0.717, 1.165) is 38.1 Å². The Kier molecular flexibility index (Phi) is 3.34. The van der Waals surface area contributed by atoms with Crippen molar-refractivity contribution in [2.24, 2.45) is 11.8 Å². The van der Waals surface area contributed by atoms with Crippen molar-refractivity contribution in [1.29, 1.82) is 0 Å². The summed E-state index contributed by atoms with van der Waals surface area (Å²) < 4.78 is 38.2. The number of anilines is 1. The van der Waals surface area contributed by atoms with Crippen LogP contribution in [0, 0.1) is 11.8 Å². The number of hydrogen-bond acceptors (Lipinski definition) is 2. The van der Waals surface area contributed by atoms with Gasteiger partial charge in [0.1, 0.15) is 0 Å². The minimum atomic E-state index is -4.52. The average molecular weight is 299 g/mol. The molecule has 1 aliphatic heterocycles. The molecule has 2 unspecified atom stereocenters. The number of carboxylic acid groups (broad SMARTS) is 1. The van der Waals surface area contributed by atoms with Crippen molar-refractivity contribution in [3.8, 4) is 0 Å². The molecule has 0 aromatic heterocycles. The molecule has 114 valence electrons. The Morgan fingerprint density at radius 3 is 2.33 bits per heavy atom. The van der Waals surface area contributed by atoms with Crippen molar-refractivity contribution in [3.63, 3.8) is 0 Å². The Balaban J connectivity index is 1.93. The second-order valence-electron chi connectivity index (χ2n) is 5.89. The molecule has 1 aromatic carbocycles. The number of halogens is 3. The van der Waals surface area contributed by atoms with E-state index in [9.17, 15) is 23.1 Å². The SMILES string of the molecule is O=C(O)c1cc(C(F)(F)F)ccc1N1CC2CCCC2C1. The largest absolute Gasteiger partial charge is 0.478 e. The minimum Gasteiger partial charge on any atom is -0.478 e. The molecule has 2 aliphatic rings. The van der Waals surface area contributed by atoms with Gasteiger partial charge in [-0.3, -0.25) is 0 Å². The maximum atomic E-state index is 12.7. The number of benzene rings is 1. The number of nitrogens with zero attached hydrogens (tertiary/aromatic N) is 1. The predicted molar refractivity (Wildman–Crippen MR) is 71.4 cm³/mol. The summed E-state index contributed by atoms with van der Waals surface area (Å²) in [7, 11) is 0. The van der Waals surface area contributed by atoms with Crippen LogP contribution in [0.3, 0.4) is 0 Å². The molecule has 3 nitrogen and oxygen atoms in total. The van der Waals surface area contributed by atoms with Crippen molar-refractivity contribution >= 4 is 11.7 Å². The van der Waals surface area contributed by atoms with Gasteiger partial charge < -0.3 is 10.0 Å². The first-order valence-electron chi connectivity index (χ1n) is 7.06. The molecule has 6 heteroatoms. The maximum Gasteiger partial charge on any atom is 0.416 e. The lowest BCUT2D eigenvalue weighted by atomic mass is 10.0. The van der Waals surface area contributed by atoms with Crippen molar-refractivity contribution in [1.82, 2.24) is 0 Å². The summed E-state index contributed by atoms with van der Waals surface area (Å²) in [6, 6.07) is 3.01. The summed E-state index contributed by atoms with van der Waals surface area (Å²) in [5, 5.41) is 9.23. The number of fused-ring (bicyclic) bond motifs is 1. The molecule has 0 radical (unpaired) electrons. The zero-order valence-electron chi connectivity index (χ0n) is 11.4. The first-order chi connectivity index (χ1) is 9.86. The number of alkyl halides is 3. The van der Waals surface area contributed by atoms with Gasteiger partial charge >= 0.3 is 12.1 Å². The van der Waals surface area contributed by atoms with Crippen LogP contribution in [0.25, 0.3) is 0 Å². The van der Waals surface area contributed by atoms with E-state index in [1.54, 1.807) is 0 Å². The Bertz CT molecular complexity index is 559. The topological polar surface area (TPSA) is 40.5 Å². The van der Waals surface area contributed by atoms with E-state index in [2.05, 4.69) is 0 Å². The van der Waals surface area contributed by atoms with Gasteiger partial charge in [0.25, 0.3) is 0 Å². The summed E-state index contributed by atoms with van der Waals surface area (Å²) in [6.07, 6.45) is -1.07. The molecule has 21 heavy (non-hydrogen) atoms. The van der Waals surface area contributed by atoms with Crippen LogP contribution in [0.1, 0.15) is 35.2 Å². The number of carbonyl (C=O) groups is 1. The van der Waals surface area contributed by atoms with Crippen LogP contribution in [0.15, 0.2) is 18.2 Å². The van der Waals surface area contributed by atoms with Gasteiger partial charge in [0, 0.05) is 13.1 Å². The quantitative estimate of drug-likeness (QED) is 0.906. The third-order valence-corrected chi connectivity index (χ3v) is 4.62. The maximum absolute atomic E-state index is 12.7. The van der Waals surface area contributed by atoms with Gasteiger partial charge in [0.05, 0.1) is 16.8 Å². The van der Waals surface area contributed by atoms with E-state index < -0.39 is 17.7 Å². The molecular formula is C15H16F3NO2. The summed E-state index contributed by atoms with van der Waals surface area (Å²) in [5.74, 6) is -0.212.